The first-order chi connectivity index (χ1) is 6.29. The summed E-state index contributed by atoms with van der Waals surface area (Å²) in [6.45, 7) is 3.86. The molecule has 72 valence electrons. The highest BCUT2D eigenvalue weighted by Crippen LogP contribution is 1.94. The second-order valence-electron chi connectivity index (χ2n) is 3.30. The molecule has 1 aromatic rings. The van der Waals surface area contributed by atoms with E-state index in [1.807, 2.05) is 19.2 Å². The lowest BCUT2D eigenvalue weighted by Crippen LogP contribution is -2.23. The molecule has 0 unspecified atom stereocenters. The lowest BCUT2D eigenvalue weighted by Gasteiger charge is -2.06. The summed E-state index contributed by atoms with van der Waals surface area (Å²) in [6, 6.07) is 4.29. The lowest BCUT2D eigenvalue weighted by molar-refractivity contribution is 0.588. The normalized spacial score (nSPS) is 12.8. The molecule has 0 saturated carbocycles. The van der Waals surface area contributed by atoms with Gasteiger partial charge >= 0.3 is 0 Å². The van der Waals surface area contributed by atoms with Gasteiger partial charge in [0.05, 0.1) is 0 Å². The van der Waals surface area contributed by atoms with Crippen molar-refractivity contribution in [3.8, 4) is 0 Å². The summed E-state index contributed by atoms with van der Waals surface area (Å²) in [5, 5.41) is 3.31. The maximum Gasteiger partial charge on any atom is 0.0312 e. The Labute approximate surface area is 79.4 Å². The van der Waals surface area contributed by atoms with E-state index in [9.17, 15) is 0 Å². The van der Waals surface area contributed by atoms with Gasteiger partial charge in [-0.1, -0.05) is 6.07 Å². The second kappa shape index (κ2) is 5.67. The van der Waals surface area contributed by atoms with Gasteiger partial charge in [-0.05, 0) is 31.5 Å². The zero-order chi connectivity index (χ0) is 9.52. The van der Waals surface area contributed by atoms with Crippen LogP contribution in [0, 0.1) is 0 Å². The molecule has 0 aromatic carbocycles. The SMILES string of the molecule is C[C@H](N)CCNCc1cccnc1. The van der Waals surface area contributed by atoms with Gasteiger partial charge in [-0.15, -0.1) is 0 Å². The predicted molar refractivity (Wildman–Crippen MR) is 54.2 cm³/mol. The summed E-state index contributed by atoms with van der Waals surface area (Å²) >= 11 is 0. The largest absolute Gasteiger partial charge is 0.328 e. The predicted octanol–water partition coefficient (Wildman–Crippen LogP) is 0.908. The van der Waals surface area contributed by atoms with Crippen molar-refractivity contribution in [2.45, 2.75) is 25.9 Å². The molecule has 0 aliphatic rings. The van der Waals surface area contributed by atoms with Crippen LogP contribution in [-0.2, 0) is 6.54 Å². The average molecular weight is 179 g/mol. The fraction of sp³-hybridized carbons (Fsp3) is 0.500. The second-order valence-corrected chi connectivity index (χ2v) is 3.30. The highest BCUT2D eigenvalue weighted by Gasteiger charge is 1.94. The maximum absolute atomic E-state index is 5.62. The van der Waals surface area contributed by atoms with Crippen LogP contribution in [0.2, 0.25) is 0 Å². The molecule has 0 bridgehead atoms. The van der Waals surface area contributed by atoms with Gasteiger partial charge in [0.2, 0.25) is 0 Å². The molecule has 0 aliphatic carbocycles. The highest BCUT2D eigenvalue weighted by atomic mass is 14.9. The highest BCUT2D eigenvalue weighted by molar-refractivity contribution is 5.07. The van der Waals surface area contributed by atoms with Crippen molar-refractivity contribution in [3.05, 3.63) is 30.1 Å². The first kappa shape index (κ1) is 10.2. The molecule has 0 spiro atoms. The topological polar surface area (TPSA) is 50.9 Å². The Morgan fingerprint density at radius 2 is 2.46 bits per heavy atom. The van der Waals surface area contributed by atoms with E-state index in [2.05, 4.69) is 16.4 Å². The minimum Gasteiger partial charge on any atom is -0.328 e. The number of pyridine rings is 1. The molecule has 3 heteroatoms. The van der Waals surface area contributed by atoms with Crippen molar-refractivity contribution in [1.82, 2.24) is 10.3 Å². The molecule has 0 amide bonds. The smallest absolute Gasteiger partial charge is 0.0312 e. The molecule has 1 atom stereocenters. The van der Waals surface area contributed by atoms with E-state index in [0.717, 1.165) is 19.5 Å². The van der Waals surface area contributed by atoms with Gasteiger partial charge in [0.15, 0.2) is 0 Å². The number of aromatic nitrogens is 1. The zero-order valence-corrected chi connectivity index (χ0v) is 8.03. The fourth-order valence-electron chi connectivity index (χ4n) is 1.07. The number of nitrogens with two attached hydrogens (primary N) is 1. The molecule has 3 N–H and O–H groups in total. The Hall–Kier alpha value is -0.930. The Morgan fingerprint density at radius 1 is 1.62 bits per heavy atom. The van der Waals surface area contributed by atoms with Crippen LogP contribution >= 0.6 is 0 Å². The van der Waals surface area contributed by atoms with Crippen LogP contribution in [0.4, 0.5) is 0 Å². The van der Waals surface area contributed by atoms with E-state index in [4.69, 9.17) is 5.73 Å². The Bertz CT molecular complexity index is 221. The quantitative estimate of drug-likeness (QED) is 0.660. The van der Waals surface area contributed by atoms with Crippen molar-refractivity contribution in [1.29, 1.82) is 0 Å². The van der Waals surface area contributed by atoms with Crippen molar-refractivity contribution in [2.24, 2.45) is 5.73 Å². The maximum atomic E-state index is 5.62. The summed E-state index contributed by atoms with van der Waals surface area (Å²) in [6.07, 6.45) is 4.67. The fourth-order valence-corrected chi connectivity index (χ4v) is 1.07. The molecule has 0 aliphatic heterocycles. The van der Waals surface area contributed by atoms with Crippen LogP contribution < -0.4 is 11.1 Å². The molecule has 0 radical (unpaired) electrons. The summed E-state index contributed by atoms with van der Waals surface area (Å²) in [5.41, 5.74) is 6.83. The summed E-state index contributed by atoms with van der Waals surface area (Å²) < 4.78 is 0. The number of hydrogen-bond donors (Lipinski definition) is 2. The van der Waals surface area contributed by atoms with E-state index in [1.165, 1.54) is 5.56 Å². The molecule has 0 saturated heterocycles. The molecule has 13 heavy (non-hydrogen) atoms. The Morgan fingerprint density at radius 3 is 3.08 bits per heavy atom. The molecule has 1 rings (SSSR count). The van der Waals surface area contributed by atoms with Gasteiger partial charge in [-0.3, -0.25) is 4.98 Å². The van der Waals surface area contributed by atoms with E-state index in [-0.39, 0.29) is 6.04 Å². The van der Waals surface area contributed by atoms with Gasteiger partial charge in [0, 0.05) is 25.0 Å². The van der Waals surface area contributed by atoms with E-state index in [1.54, 1.807) is 6.20 Å². The third-order valence-electron chi connectivity index (χ3n) is 1.83. The average Bonchev–Trinajstić information content (AvgIpc) is 2.14. The molecule has 0 fully saturated rings. The first-order valence-electron chi connectivity index (χ1n) is 4.64. The molecule has 1 aromatic heterocycles. The van der Waals surface area contributed by atoms with Gasteiger partial charge in [-0.25, -0.2) is 0 Å². The van der Waals surface area contributed by atoms with E-state index in [0.29, 0.717) is 0 Å². The van der Waals surface area contributed by atoms with Crippen LogP contribution in [-0.4, -0.2) is 17.6 Å². The zero-order valence-electron chi connectivity index (χ0n) is 8.03. The van der Waals surface area contributed by atoms with Gasteiger partial charge in [0.1, 0.15) is 0 Å². The van der Waals surface area contributed by atoms with Crippen LogP contribution in [0.25, 0.3) is 0 Å². The number of rotatable bonds is 5. The van der Waals surface area contributed by atoms with Gasteiger partial charge < -0.3 is 11.1 Å². The summed E-state index contributed by atoms with van der Waals surface area (Å²) in [7, 11) is 0. The standard InChI is InChI=1S/C10H17N3/c1-9(11)4-6-13-8-10-3-2-5-12-7-10/h2-3,5,7,9,13H,4,6,8,11H2,1H3/t9-/m0/s1. The minimum absolute atomic E-state index is 0.279. The number of nitrogens with one attached hydrogen (secondary N) is 1. The Balaban J connectivity index is 2.13. The number of nitrogens with zero attached hydrogens (tertiary/aromatic N) is 1. The van der Waals surface area contributed by atoms with Gasteiger partial charge in [0.25, 0.3) is 0 Å². The van der Waals surface area contributed by atoms with Crippen molar-refractivity contribution < 1.29 is 0 Å². The third kappa shape index (κ3) is 4.60. The summed E-state index contributed by atoms with van der Waals surface area (Å²) in [4.78, 5) is 4.03. The Kier molecular flexibility index (Phi) is 4.43. The van der Waals surface area contributed by atoms with Crippen molar-refractivity contribution >= 4 is 0 Å². The third-order valence-corrected chi connectivity index (χ3v) is 1.83. The molecule has 1 heterocycles. The minimum atomic E-state index is 0.279. The van der Waals surface area contributed by atoms with Crippen LogP contribution in [0.1, 0.15) is 18.9 Å². The van der Waals surface area contributed by atoms with Crippen LogP contribution in [0.15, 0.2) is 24.5 Å². The molecule has 3 nitrogen and oxygen atoms in total. The molecular formula is C10H17N3. The van der Waals surface area contributed by atoms with Crippen LogP contribution in [0.3, 0.4) is 0 Å². The van der Waals surface area contributed by atoms with Gasteiger partial charge in [-0.2, -0.15) is 0 Å². The number of hydrogen-bond acceptors (Lipinski definition) is 3. The van der Waals surface area contributed by atoms with Crippen molar-refractivity contribution in [2.75, 3.05) is 6.54 Å². The lowest BCUT2D eigenvalue weighted by atomic mass is 10.2. The van der Waals surface area contributed by atoms with E-state index >= 15 is 0 Å². The monoisotopic (exact) mass is 179 g/mol. The van der Waals surface area contributed by atoms with Crippen LogP contribution in [0.5, 0.6) is 0 Å². The van der Waals surface area contributed by atoms with E-state index < -0.39 is 0 Å². The van der Waals surface area contributed by atoms with Crippen molar-refractivity contribution in [3.63, 3.8) is 0 Å². The summed E-state index contributed by atoms with van der Waals surface area (Å²) in [5.74, 6) is 0. The molecular weight excluding hydrogens is 162 g/mol. The first-order valence-corrected chi connectivity index (χ1v) is 4.64.